The molecule has 1 aliphatic heterocycles. The maximum Gasteiger partial charge on any atom is 0.334 e. The summed E-state index contributed by atoms with van der Waals surface area (Å²) in [4.78, 5) is 13.2. The number of nitro groups is 1. The topological polar surface area (TPSA) is 76.2 Å². The molecule has 0 aliphatic carbocycles. The van der Waals surface area contributed by atoms with Crippen molar-refractivity contribution in [2.24, 2.45) is 13.0 Å². The van der Waals surface area contributed by atoms with Crippen LogP contribution in [0.5, 0.6) is 0 Å². The Bertz CT molecular complexity index is 492. The molecular weight excluding hydrogens is 270 g/mol. The van der Waals surface area contributed by atoms with Crippen LogP contribution in [0.1, 0.15) is 31.9 Å². The van der Waals surface area contributed by atoms with Gasteiger partial charge in [0.15, 0.2) is 0 Å². The van der Waals surface area contributed by atoms with Gasteiger partial charge < -0.3 is 10.2 Å². The highest BCUT2D eigenvalue weighted by atomic mass is 16.6. The van der Waals surface area contributed by atoms with Crippen LogP contribution in [-0.2, 0) is 13.5 Å². The van der Waals surface area contributed by atoms with Crippen molar-refractivity contribution >= 4 is 11.5 Å². The zero-order valence-corrected chi connectivity index (χ0v) is 13.1. The summed E-state index contributed by atoms with van der Waals surface area (Å²) in [5.74, 6) is 1.38. The van der Waals surface area contributed by atoms with Crippen molar-refractivity contribution in [1.29, 1.82) is 0 Å². The lowest BCUT2D eigenvalue weighted by atomic mass is 9.93. The Labute approximate surface area is 125 Å². The molecule has 1 aromatic heterocycles. The molecule has 1 aromatic rings. The van der Waals surface area contributed by atoms with Gasteiger partial charge in [-0.3, -0.25) is 10.1 Å². The molecule has 7 nitrogen and oxygen atoms in total. The fourth-order valence-corrected chi connectivity index (χ4v) is 3.12. The number of aryl methyl sites for hydroxylation is 2. The van der Waals surface area contributed by atoms with Gasteiger partial charge in [0.2, 0.25) is 5.82 Å². The van der Waals surface area contributed by atoms with Crippen molar-refractivity contribution in [3.63, 3.8) is 0 Å². The van der Waals surface area contributed by atoms with Crippen molar-refractivity contribution in [3.05, 3.63) is 15.8 Å². The second-order valence-corrected chi connectivity index (χ2v) is 5.68. The Kier molecular flexibility index (Phi) is 5.17. The first-order valence-electron chi connectivity index (χ1n) is 7.68. The molecule has 7 heteroatoms. The molecule has 0 spiro atoms. The smallest absolute Gasteiger partial charge is 0.334 e. The number of hydrogen-bond donors (Lipinski definition) is 1. The van der Waals surface area contributed by atoms with Gasteiger partial charge in [0, 0.05) is 20.1 Å². The molecule has 1 aliphatic rings. The molecule has 1 saturated heterocycles. The quantitative estimate of drug-likeness (QED) is 0.639. The molecule has 2 rings (SSSR count). The number of nitrogens with one attached hydrogen (secondary N) is 1. The van der Waals surface area contributed by atoms with E-state index in [0.717, 1.165) is 32.5 Å². The molecule has 118 valence electrons. The lowest BCUT2D eigenvalue weighted by Gasteiger charge is -2.32. The molecule has 0 unspecified atom stereocenters. The molecule has 0 bridgehead atoms. The second-order valence-electron chi connectivity index (χ2n) is 5.68. The Balaban J connectivity index is 2.13. The maximum atomic E-state index is 11.4. The van der Waals surface area contributed by atoms with Crippen LogP contribution in [0.3, 0.4) is 0 Å². The average molecular weight is 295 g/mol. The van der Waals surface area contributed by atoms with Crippen LogP contribution in [0.25, 0.3) is 0 Å². The summed E-state index contributed by atoms with van der Waals surface area (Å²) in [7, 11) is 3.77. The Morgan fingerprint density at radius 1 is 1.43 bits per heavy atom. The molecule has 1 fully saturated rings. The van der Waals surface area contributed by atoms with Crippen LogP contribution in [0, 0.1) is 16.0 Å². The van der Waals surface area contributed by atoms with Gasteiger partial charge in [-0.2, -0.15) is 5.10 Å². The SMILES string of the molecule is CCc1nn(C)c(N2CCC(CCNC)CC2)c1[N+](=O)[O-]. The summed E-state index contributed by atoms with van der Waals surface area (Å²) in [6.45, 7) is 4.69. The fourth-order valence-electron chi connectivity index (χ4n) is 3.12. The summed E-state index contributed by atoms with van der Waals surface area (Å²) >= 11 is 0. The predicted octanol–water partition coefficient (Wildman–Crippen LogP) is 1.72. The minimum Gasteiger partial charge on any atom is -0.351 e. The lowest BCUT2D eigenvalue weighted by Crippen LogP contribution is -2.36. The van der Waals surface area contributed by atoms with E-state index in [4.69, 9.17) is 0 Å². The molecule has 2 heterocycles. The summed E-state index contributed by atoms with van der Waals surface area (Å²) < 4.78 is 1.67. The van der Waals surface area contributed by atoms with Gasteiger partial charge >= 0.3 is 5.69 Å². The van der Waals surface area contributed by atoms with Crippen molar-refractivity contribution in [3.8, 4) is 0 Å². The van der Waals surface area contributed by atoms with E-state index in [1.807, 2.05) is 14.0 Å². The minimum absolute atomic E-state index is 0.189. The van der Waals surface area contributed by atoms with Crippen molar-refractivity contribution in [2.75, 3.05) is 31.6 Å². The third-order valence-electron chi connectivity index (χ3n) is 4.30. The summed E-state index contributed by atoms with van der Waals surface area (Å²) in [6.07, 6.45) is 3.94. The van der Waals surface area contributed by atoms with Crippen LogP contribution in [0.2, 0.25) is 0 Å². The highest BCUT2D eigenvalue weighted by Crippen LogP contribution is 2.34. The van der Waals surface area contributed by atoms with E-state index >= 15 is 0 Å². The number of piperidine rings is 1. The normalized spacial score (nSPS) is 16.4. The van der Waals surface area contributed by atoms with Crippen LogP contribution < -0.4 is 10.2 Å². The van der Waals surface area contributed by atoms with E-state index in [1.54, 1.807) is 11.7 Å². The van der Waals surface area contributed by atoms with Gasteiger partial charge in [0.25, 0.3) is 0 Å². The van der Waals surface area contributed by atoms with Gasteiger partial charge in [-0.15, -0.1) is 0 Å². The molecule has 0 aromatic carbocycles. The second kappa shape index (κ2) is 6.89. The number of rotatable bonds is 6. The molecule has 1 N–H and O–H groups in total. The first-order valence-corrected chi connectivity index (χ1v) is 7.68. The number of aromatic nitrogens is 2. The van der Waals surface area contributed by atoms with E-state index in [9.17, 15) is 10.1 Å². The van der Waals surface area contributed by atoms with Gasteiger partial charge in [-0.1, -0.05) is 6.92 Å². The standard InChI is InChI=1S/C14H25N5O2/c1-4-12-13(19(20)21)14(17(3)16-12)18-9-6-11(7-10-18)5-8-15-2/h11,15H,4-10H2,1-3H3. The van der Waals surface area contributed by atoms with E-state index in [-0.39, 0.29) is 10.6 Å². The molecule has 0 amide bonds. The maximum absolute atomic E-state index is 11.4. The third-order valence-corrected chi connectivity index (χ3v) is 4.30. The molecule has 0 radical (unpaired) electrons. The Morgan fingerprint density at radius 3 is 2.62 bits per heavy atom. The molecule has 0 saturated carbocycles. The largest absolute Gasteiger partial charge is 0.351 e. The first-order chi connectivity index (χ1) is 10.1. The van der Waals surface area contributed by atoms with Crippen LogP contribution in [0.4, 0.5) is 11.5 Å². The summed E-state index contributed by atoms with van der Waals surface area (Å²) in [6, 6.07) is 0. The van der Waals surface area contributed by atoms with E-state index < -0.39 is 0 Å². The fraction of sp³-hybridized carbons (Fsp3) is 0.786. The highest BCUT2D eigenvalue weighted by molar-refractivity contribution is 5.61. The summed E-state index contributed by atoms with van der Waals surface area (Å²) in [5, 5.41) is 18.9. The van der Waals surface area contributed by atoms with Gasteiger partial charge in [-0.05, 0) is 45.2 Å². The highest BCUT2D eigenvalue weighted by Gasteiger charge is 2.31. The molecule has 0 atom stereocenters. The Hall–Kier alpha value is -1.63. The number of nitrogens with zero attached hydrogens (tertiary/aromatic N) is 4. The monoisotopic (exact) mass is 295 g/mol. The first kappa shape index (κ1) is 15.8. The third kappa shape index (κ3) is 3.34. The van der Waals surface area contributed by atoms with Gasteiger partial charge in [0.1, 0.15) is 5.69 Å². The van der Waals surface area contributed by atoms with E-state index in [0.29, 0.717) is 23.9 Å². The lowest BCUT2D eigenvalue weighted by molar-refractivity contribution is -0.384. The zero-order chi connectivity index (χ0) is 15.4. The summed E-state index contributed by atoms with van der Waals surface area (Å²) in [5.41, 5.74) is 0.767. The van der Waals surface area contributed by atoms with Crippen molar-refractivity contribution in [2.45, 2.75) is 32.6 Å². The molecule has 21 heavy (non-hydrogen) atoms. The van der Waals surface area contributed by atoms with Gasteiger partial charge in [-0.25, -0.2) is 4.68 Å². The average Bonchev–Trinajstić information content (AvgIpc) is 2.82. The van der Waals surface area contributed by atoms with Gasteiger partial charge in [0.05, 0.1) is 4.92 Å². The predicted molar refractivity (Wildman–Crippen MR) is 82.7 cm³/mol. The molecular formula is C14H25N5O2. The zero-order valence-electron chi connectivity index (χ0n) is 13.1. The Morgan fingerprint density at radius 2 is 2.10 bits per heavy atom. The van der Waals surface area contributed by atoms with Crippen LogP contribution in [-0.4, -0.2) is 41.4 Å². The van der Waals surface area contributed by atoms with Crippen molar-refractivity contribution in [1.82, 2.24) is 15.1 Å². The number of hydrogen-bond acceptors (Lipinski definition) is 5. The van der Waals surface area contributed by atoms with E-state index in [2.05, 4.69) is 15.3 Å². The van der Waals surface area contributed by atoms with Crippen LogP contribution in [0.15, 0.2) is 0 Å². The minimum atomic E-state index is -0.283. The van der Waals surface area contributed by atoms with E-state index in [1.165, 1.54) is 6.42 Å². The van der Waals surface area contributed by atoms with Crippen LogP contribution >= 0.6 is 0 Å². The van der Waals surface area contributed by atoms with Crippen molar-refractivity contribution < 1.29 is 4.92 Å². The number of anilines is 1.